The van der Waals surface area contributed by atoms with Crippen LogP contribution >= 0.6 is 0 Å². The molecule has 0 N–H and O–H groups in total. The molecule has 0 aliphatic heterocycles. The first-order valence-corrected chi connectivity index (χ1v) is 15.4. The van der Waals surface area contributed by atoms with E-state index >= 15 is 0 Å². The summed E-state index contributed by atoms with van der Waals surface area (Å²) < 4.78 is 2.21. The molecule has 0 aliphatic rings. The molecule has 1 heterocycles. The van der Waals surface area contributed by atoms with Gasteiger partial charge in [-0.15, -0.1) is 0 Å². The highest BCUT2D eigenvalue weighted by molar-refractivity contribution is 5.81. The van der Waals surface area contributed by atoms with Crippen LogP contribution in [0, 0.1) is 28.1 Å². The van der Waals surface area contributed by atoms with Gasteiger partial charge < -0.3 is 0 Å². The average molecular weight is 577 g/mol. The van der Waals surface area contributed by atoms with Gasteiger partial charge in [-0.2, -0.15) is 10.5 Å². The molecule has 5 aromatic rings. The Hall–Kier alpha value is -4.93. The fourth-order valence-corrected chi connectivity index (χ4v) is 6.13. The van der Waals surface area contributed by atoms with E-state index in [-0.39, 0.29) is 10.8 Å². The number of hydrogen-bond acceptors (Lipinski definition) is 3. The molecule has 4 heteroatoms. The zero-order valence-corrected chi connectivity index (χ0v) is 26.6. The predicted molar refractivity (Wildman–Crippen MR) is 180 cm³/mol. The number of nitriles is 2. The van der Waals surface area contributed by atoms with E-state index in [1.807, 2.05) is 12.3 Å². The van der Waals surface area contributed by atoms with Crippen LogP contribution in [0.2, 0.25) is 0 Å². The first-order valence-electron chi connectivity index (χ1n) is 15.4. The Kier molecular flexibility index (Phi) is 8.57. The van der Waals surface area contributed by atoms with Crippen molar-refractivity contribution in [2.24, 2.45) is 5.41 Å². The first kappa shape index (κ1) is 30.5. The van der Waals surface area contributed by atoms with Crippen molar-refractivity contribution in [3.8, 4) is 51.5 Å². The summed E-state index contributed by atoms with van der Waals surface area (Å²) in [7, 11) is 0. The maximum atomic E-state index is 9.96. The molecule has 0 saturated carbocycles. The number of rotatable bonds is 8. The summed E-state index contributed by atoms with van der Waals surface area (Å²) in [6.07, 6.45) is 6.76. The summed E-state index contributed by atoms with van der Waals surface area (Å²) in [5, 5.41) is 19.9. The van der Waals surface area contributed by atoms with E-state index in [4.69, 9.17) is 4.98 Å². The maximum absolute atomic E-state index is 9.96. The van der Waals surface area contributed by atoms with E-state index in [1.165, 1.54) is 22.3 Å². The minimum Gasteiger partial charge on any atom is -0.300 e. The van der Waals surface area contributed by atoms with E-state index in [9.17, 15) is 10.5 Å². The van der Waals surface area contributed by atoms with Gasteiger partial charge >= 0.3 is 0 Å². The lowest BCUT2D eigenvalue weighted by Gasteiger charge is -2.30. The van der Waals surface area contributed by atoms with Gasteiger partial charge in [-0.1, -0.05) is 96.1 Å². The fourth-order valence-electron chi connectivity index (χ4n) is 6.13. The van der Waals surface area contributed by atoms with Crippen molar-refractivity contribution in [3.63, 3.8) is 0 Å². The second-order valence-corrected chi connectivity index (χ2v) is 13.0. The van der Waals surface area contributed by atoms with Crippen LogP contribution in [0.4, 0.5) is 0 Å². The van der Waals surface area contributed by atoms with Crippen molar-refractivity contribution in [2.45, 2.75) is 66.2 Å². The third kappa shape index (κ3) is 5.95. The van der Waals surface area contributed by atoms with Gasteiger partial charge in [0.05, 0.1) is 29.0 Å². The molecule has 5 rings (SSSR count). The van der Waals surface area contributed by atoms with E-state index in [0.29, 0.717) is 16.7 Å². The SMILES string of the molecule is CCC(C)(CC)c1ccc(-c2c(C#N)cccc2C#N)cc1-c1nccn1-c1ccc(-c2ccccc2)cc1CC(C)(C)C. The van der Waals surface area contributed by atoms with Gasteiger partial charge in [0.1, 0.15) is 5.82 Å². The lowest BCUT2D eigenvalue weighted by molar-refractivity contribution is 0.411. The van der Waals surface area contributed by atoms with Crippen LogP contribution in [-0.4, -0.2) is 9.55 Å². The fraction of sp³-hybridized carbons (Fsp3) is 0.275. The Morgan fingerprint density at radius 3 is 2.00 bits per heavy atom. The summed E-state index contributed by atoms with van der Waals surface area (Å²) >= 11 is 0. The monoisotopic (exact) mass is 576 g/mol. The molecule has 4 aromatic carbocycles. The van der Waals surface area contributed by atoms with Gasteiger partial charge in [-0.25, -0.2) is 4.98 Å². The summed E-state index contributed by atoms with van der Waals surface area (Å²) in [5.41, 5.74) is 9.47. The van der Waals surface area contributed by atoms with Crippen molar-refractivity contribution in [1.82, 2.24) is 9.55 Å². The van der Waals surface area contributed by atoms with Crippen molar-refractivity contribution in [2.75, 3.05) is 0 Å². The van der Waals surface area contributed by atoms with Crippen LogP contribution in [0.15, 0.2) is 97.3 Å². The molecule has 1 aromatic heterocycles. The van der Waals surface area contributed by atoms with Gasteiger partial charge in [0.15, 0.2) is 0 Å². The molecule has 0 bridgehead atoms. The number of aromatic nitrogens is 2. The molecule has 0 fully saturated rings. The highest BCUT2D eigenvalue weighted by Gasteiger charge is 2.29. The molecule has 0 spiro atoms. The molecular weight excluding hydrogens is 536 g/mol. The average Bonchev–Trinajstić information content (AvgIpc) is 3.53. The van der Waals surface area contributed by atoms with Crippen LogP contribution in [0.1, 0.15) is 76.6 Å². The molecular formula is C40H40N4. The molecule has 0 aliphatic carbocycles. The Labute approximate surface area is 262 Å². The predicted octanol–water partition coefficient (Wildman–Crippen LogP) is 10.3. The van der Waals surface area contributed by atoms with Gasteiger partial charge in [0, 0.05) is 23.5 Å². The zero-order valence-electron chi connectivity index (χ0n) is 26.6. The van der Waals surface area contributed by atoms with Crippen molar-refractivity contribution >= 4 is 0 Å². The zero-order chi connectivity index (χ0) is 31.5. The minimum atomic E-state index is -0.0805. The maximum Gasteiger partial charge on any atom is 0.144 e. The van der Waals surface area contributed by atoms with Crippen molar-refractivity contribution in [3.05, 3.63) is 120 Å². The number of hydrogen-bond donors (Lipinski definition) is 0. The molecule has 44 heavy (non-hydrogen) atoms. The molecule has 0 saturated heterocycles. The van der Waals surface area contributed by atoms with Crippen LogP contribution in [0.3, 0.4) is 0 Å². The largest absolute Gasteiger partial charge is 0.300 e. The van der Waals surface area contributed by atoms with Crippen LogP contribution in [-0.2, 0) is 11.8 Å². The van der Waals surface area contributed by atoms with Crippen LogP contribution in [0.5, 0.6) is 0 Å². The van der Waals surface area contributed by atoms with E-state index in [1.54, 1.807) is 18.2 Å². The van der Waals surface area contributed by atoms with E-state index in [2.05, 4.69) is 125 Å². The third-order valence-electron chi connectivity index (χ3n) is 8.87. The quantitative estimate of drug-likeness (QED) is 0.185. The van der Waals surface area contributed by atoms with E-state index < -0.39 is 0 Å². The Morgan fingerprint density at radius 2 is 1.39 bits per heavy atom. The van der Waals surface area contributed by atoms with Crippen molar-refractivity contribution < 1.29 is 0 Å². The van der Waals surface area contributed by atoms with Gasteiger partial charge in [0.25, 0.3) is 0 Å². The first-order chi connectivity index (χ1) is 21.1. The Morgan fingerprint density at radius 1 is 0.727 bits per heavy atom. The molecule has 0 unspecified atom stereocenters. The minimum absolute atomic E-state index is 0.0770. The smallest absolute Gasteiger partial charge is 0.144 e. The standard InChI is InChI=1S/C40H40N4/c1-7-40(6,8-2)35-19-17-30(37-31(26-41)15-12-16-32(37)27-42)24-34(35)38-43-21-22-44(38)36-20-18-29(28-13-10-9-11-14-28)23-33(36)25-39(3,4)5/h9-24H,7-8,25H2,1-6H3. The van der Waals surface area contributed by atoms with Crippen LogP contribution in [0.25, 0.3) is 39.3 Å². The summed E-state index contributed by atoms with van der Waals surface area (Å²) in [5.74, 6) is 0.852. The van der Waals surface area contributed by atoms with Crippen LogP contribution < -0.4 is 0 Å². The summed E-state index contributed by atoms with van der Waals surface area (Å²) in [6.45, 7) is 13.6. The topological polar surface area (TPSA) is 65.4 Å². The molecule has 0 radical (unpaired) electrons. The molecule has 220 valence electrons. The normalized spacial score (nSPS) is 11.6. The molecule has 0 amide bonds. The highest BCUT2D eigenvalue weighted by Crippen LogP contribution is 2.42. The second kappa shape index (κ2) is 12.4. The number of imidazole rings is 1. The molecule has 0 atom stereocenters. The van der Waals surface area contributed by atoms with Gasteiger partial charge in [-0.05, 0) is 88.2 Å². The molecule has 4 nitrogen and oxygen atoms in total. The highest BCUT2D eigenvalue weighted by atomic mass is 15.1. The van der Waals surface area contributed by atoms with Crippen molar-refractivity contribution in [1.29, 1.82) is 10.5 Å². The third-order valence-corrected chi connectivity index (χ3v) is 8.87. The number of nitrogens with zero attached hydrogens (tertiary/aromatic N) is 4. The second-order valence-electron chi connectivity index (χ2n) is 13.0. The van der Waals surface area contributed by atoms with Gasteiger partial charge in [0.2, 0.25) is 0 Å². The summed E-state index contributed by atoms with van der Waals surface area (Å²) in [4.78, 5) is 4.98. The lowest BCUT2D eigenvalue weighted by atomic mass is 9.75. The van der Waals surface area contributed by atoms with E-state index in [0.717, 1.165) is 41.9 Å². The summed E-state index contributed by atoms with van der Waals surface area (Å²) in [6, 6.07) is 33.6. The Balaban J connectivity index is 1.77. The lowest BCUT2D eigenvalue weighted by Crippen LogP contribution is -2.21. The Bertz CT molecular complexity index is 1840. The van der Waals surface area contributed by atoms with Gasteiger partial charge in [-0.3, -0.25) is 4.57 Å². The number of benzene rings is 4.